The molecule has 0 aliphatic heterocycles. The van der Waals surface area contributed by atoms with Crippen molar-refractivity contribution in [3.8, 4) is 5.75 Å². The molecular formula is C14H14N2O4S. The maximum absolute atomic E-state index is 10.6. The van der Waals surface area contributed by atoms with E-state index >= 15 is 0 Å². The summed E-state index contributed by atoms with van der Waals surface area (Å²) in [6.07, 6.45) is 2.63. The lowest BCUT2D eigenvalue weighted by Gasteiger charge is -2.08. The van der Waals surface area contributed by atoms with Gasteiger partial charge in [0.25, 0.3) is 5.22 Å². The largest absolute Gasteiger partial charge is 0.496 e. The fourth-order valence-corrected chi connectivity index (χ4v) is 2.44. The Morgan fingerprint density at radius 1 is 1.48 bits per heavy atom. The number of methoxy groups -OCH3 is 1. The van der Waals surface area contributed by atoms with E-state index in [4.69, 9.17) is 14.3 Å². The average Bonchev–Trinajstić information content (AvgIpc) is 2.88. The van der Waals surface area contributed by atoms with Crippen molar-refractivity contribution >= 4 is 23.8 Å². The molecule has 0 saturated carbocycles. The zero-order valence-corrected chi connectivity index (χ0v) is 12.4. The molecule has 0 aliphatic carbocycles. The number of nitrogens with zero attached hydrogens (tertiary/aromatic N) is 2. The van der Waals surface area contributed by atoms with E-state index in [1.54, 1.807) is 26.2 Å². The lowest BCUT2D eigenvalue weighted by atomic mass is 10.1. The molecule has 0 radical (unpaired) electrons. The first-order chi connectivity index (χ1) is 10.1. The van der Waals surface area contributed by atoms with Crippen molar-refractivity contribution in [3.63, 3.8) is 0 Å². The molecule has 1 aromatic carbocycles. The topological polar surface area (TPSA) is 85.5 Å². The summed E-state index contributed by atoms with van der Waals surface area (Å²) < 4.78 is 10.6. The highest BCUT2D eigenvalue weighted by atomic mass is 32.2. The monoisotopic (exact) mass is 306 g/mol. The van der Waals surface area contributed by atoms with Crippen LogP contribution < -0.4 is 4.74 Å². The van der Waals surface area contributed by atoms with E-state index in [2.05, 4.69) is 10.2 Å². The Balaban J connectivity index is 2.15. The van der Waals surface area contributed by atoms with Crippen molar-refractivity contribution < 1.29 is 19.1 Å². The van der Waals surface area contributed by atoms with Crippen molar-refractivity contribution in [2.24, 2.45) is 0 Å². The molecular weight excluding hydrogens is 292 g/mol. The predicted octanol–water partition coefficient (Wildman–Crippen LogP) is 2.78. The molecule has 2 rings (SSSR count). The van der Waals surface area contributed by atoms with Crippen molar-refractivity contribution in [1.82, 2.24) is 10.2 Å². The highest BCUT2D eigenvalue weighted by Gasteiger charge is 2.08. The fourth-order valence-electron chi connectivity index (χ4n) is 1.66. The van der Waals surface area contributed by atoms with E-state index in [0.717, 1.165) is 23.0 Å². The van der Waals surface area contributed by atoms with Gasteiger partial charge in [0, 0.05) is 24.3 Å². The highest BCUT2D eigenvalue weighted by molar-refractivity contribution is 7.98. The average molecular weight is 306 g/mol. The van der Waals surface area contributed by atoms with Crippen LogP contribution in [-0.2, 0) is 10.5 Å². The molecule has 0 amide bonds. The van der Waals surface area contributed by atoms with Gasteiger partial charge in [-0.15, -0.1) is 10.2 Å². The first-order valence-corrected chi connectivity index (χ1v) is 7.08. The van der Waals surface area contributed by atoms with Gasteiger partial charge >= 0.3 is 5.97 Å². The Kier molecular flexibility index (Phi) is 4.99. The Morgan fingerprint density at radius 3 is 2.90 bits per heavy atom. The van der Waals surface area contributed by atoms with Gasteiger partial charge in [-0.3, -0.25) is 0 Å². The number of carboxylic acid groups (broad SMARTS) is 1. The van der Waals surface area contributed by atoms with Gasteiger partial charge in [-0.1, -0.05) is 17.8 Å². The van der Waals surface area contributed by atoms with Crippen LogP contribution in [0.15, 0.2) is 33.9 Å². The van der Waals surface area contributed by atoms with E-state index in [9.17, 15) is 4.79 Å². The second kappa shape index (κ2) is 6.94. The smallest absolute Gasteiger partial charge is 0.328 e. The predicted molar refractivity (Wildman–Crippen MR) is 78.3 cm³/mol. The summed E-state index contributed by atoms with van der Waals surface area (Å²) in [5.41, 5.74) is 1.71. The van der Waals surface area contributed by atoms with Gasteiger partial charge in [0.15, 0.2) is 0 Å². The Hall–Kier alpha value is -2.28. The first kappa shape index (κ1) is 15.1. The zero-order valence-electron chi connectivity index (χ0n) is 11.6. The Labute approximate surface area is 125 Å². The molecule has 0 atom stereocenters. The van der Waals surface area contributed by atoms with Crippen LogP contribution in [0.1, 0.15) is 17.0 Å². The number of hydrogen-bond donors (Lipinski definition) is 1. The minimum absolute atomic E-state index is 0.487. The third kappa shape index (κ3) is 4.35. The lowest BCUT2D eigenvalue weighted by Crippen LogP contribution is -1.92. The molecule has 21 heavy (non-hydrogen) atoms. The minimum atomic E-state index is -0.983. The molecule has 0 spiro atoms. The van der Waals surface area contributed by atoms with Gasteiger partial charge in [-0.25, -0.2) is 4.79 Å². The minimum Gasteiger partial charge on any atom is -0.496 e. The molecule has 0 bridgehead atoms. The second-order valence-electron chi connectivity index (χ2n) is 4.12. The number of aryl methyl sites for hydroxylation is 1. The van der Waals surface area contributed by atoms with Gasteiger partial charge < -0.3 is 14.3 Å². The van der Waals surface area contributed by atoms with Gasteiger partial charge in [-0.05, 0) is 23.8 Å². The second-order valence-corrected chi connectivity index (χ2v) is 5.05. The highest BCUT2D eigenvalue weighted by Crippen LogP contribution is 2.28. The molecule has 7 heteroatoms. The molecule has 0 unspecified atom stereocenters. The van der Waals surface area contributed by atoms with Crippen LogP contribution in [0.4, 0.5) is 0 Å². The summed E-state index contributed by atoms with van der Waals surface area (Å²) in [5, 5.41) is 16.8. The summed E-state index contributed by atoms with van der Waals surface area (Å²) in [5.74, 6) is 0.844. The fraction of sp³-hybridized carbons (Fsp3) is 0.214. The number of aliphatic carboxylic acids is 1. The van der Waals surface area contributed by atoms with Crippen LogP contribution in [0, 0.1) is 6.92 Å². The summed E-state index contributed by atoms with van der Waals surface area (Å²) in [7, 11) is 1.59. The number of thioether (sulfide) groups is 1. The Morgan fingerprint density at radius 2 is 2.29 bits per heavy atom. The van der Waals surface area contributed by atoms with Crippen molar-refractivity contribution in [1.29, 1.82) is 0 Å². The van der Waals surface area contributed by atoms with Crippen LogP contribution in [0.5, 0.6) is 5.75 Å². The molecule has 1 heterocycles. The quantitative estimate of drug-likeness (QED) is 0.648. The molecule has 0 saturated heterocycles. The number of aromatic nitrogens is 2. The molecule has 110 valence electrons. The molecule has 2 aromatic rings. The molecule has 1 N–H and O–H groups in total. The lowest BCUT2D eigenvalue weighted by molar-refractivity contribution is -0.131. The summed E-state index contributed by atoms with van der Waals surface area (Å²) in [6, 6.07) is 5.47. The van der Waals surface area contributed by atoms with Crippen LogP contribution in [0.3, 0.4) is 0 Å². The van der Waals surface area contributed by atoms with E-state index in [0.29, 0.717) is 16.9 Å². The number of benzene rings is 1. The number of ether oxygens (including phenoxy) is 1. The normalized spacial score (nSPS) is 11.0. The number of carbonyl (C=O) groups is 1. The molecule has 1 aromatic heterocycles. The summed E-state index contributed by atoms with van der Waals surface area (Å²) in [6.45, 7) is 1.73. The van der Waals surface area contributed by atoms with E-state index < -0.39 is 5.97 Å². The van der Waals surface area contributed by atoms with Crippen LogP contribution >= 0.6 is 11.8 Å². The standard InChI is InChI=1S/C14H14N2O4S/c1-9-15-16-14(20-9)21-8-11-7-10(4-6-13(17)18)3-5-12(11)19-2/h3-7H,8H2,1-2H3,(H,17,18). The first-order valence-electron chi connectivity index (χ1n) is 6.09. The number of carboxylic acids is 1. The molecule has 0 aliphatic rings. The van der Waals surface area contributed by atoms with Gasteiger partial charge in [0.05, 0.1) is 7.11 Å². The van der Waals surface area contributed by atoms with Crippen LogP contribution in [0.25, 0.3) is 6.08 Å². The summed E-state index contributed by atoms with van der Waals surface area (Å²) in [4.78, 5) is 10.6. The maximum Gasteiger partial charge on any atom is 0.328 e. The maximum atomic E-state index is 10.6. The molecule has 6 nitrogen and oxygen atoms in total. The van der Waals surface area contributed by atoms with Crippen molar-refractivity contribution in [2.75, 3.05) is 7.11 Å². The van der Waals surface area contributed by atoms with E-state index in [1.165, 1.54) is 17.8 Å². The number of hydrogen-bond acceptors (Lipinski definition) is 6. The Bertz CT molecular complexity index is 667. The van der Waals surface area contributed by atoms with Crippen LogP contribution in [0.2, 0.25) is 0 Å². The van der Waals surface area contributed by atoms with Gasteiger partial charge in [-0.2, -0.15) is 0 Å². The van der Waals surface area contributed by atoms with Crippen LogP contribution in [-0.4, -0.2) is 28.4 Å². The van der Waals surface area contributed by atoms with Crippen molar-refractivity contribution in [3.05, 3.63) is 41.3 Å². The third-order valence-corrected chi connectivity index (χ3v) is 3.45. The van der Waals surface area contributed by atoms with E-state index in [-0.39, 0.29) is 0 Å². The van der Waals surface area contributed by atoms with Gasteiger partial charge in [0.2, 0.25) is 5.89 Å². The van der Waals surface area contributed by atoms with Crippen molar-refractivity contribution in [2.45, 2.75) is 17.9 Å². The van der Waals surface area contributed by atoms with E-state index in [1.807, 2.05) is 6.07 Å². The van der Waals surface area contributed by atoms with Gasteiger partial charge in [0.1, 0.15) is 5.75 Å². The third-order valence-electron chi connectivity index (χ3n) is 2.58. The number of rotatable bonds is 6. The zero-order chi connectivity index (χ0) is 15.2. The molecule has 0 fully saturated rings. The summed E-state index contributed by atoms with van der Waals surface area (Å²) >= 11 is 1.40. The SMILES string of the molecule is COc1ccc(C=CC(=O)O)cc1CSc1nnc(C)o1.